The summed E-state index contributed by atoms with van der Waals surface area (Å²) < 4.78 is 3.31. The zero-order valence-electron chi connectivity index (χ0n) is 25.6. The molecule has 0 aliphatic rings. The van der Waals surface area contributed by atoms with Gasteiger partial charge in [0.25, 0.3) is 0 Å². The van der Waals surface area contributed by atoms with Crippen molar-refractivity contribution < 1.29 is 48.6 Å². The van der Waals surface area contributed by atoms with E-state index in [2.05, 4.69) is 13.8 Å². The number of ketones is 6. The second kappa shape index (κ2) is 27.9. The molecule has 0 saturated heterocycles. The molecule has 0 spiro atoms. The van der Waals surface area contributed by atoms with Crippen LogP contribution in [0.5, 0.6) is 0 Å². The molecule has 0 bridgehead atoms. The predicted molar refractivity (Wildman–Crippen MR) is 152 cm³/mol. The van der Waals surface area contributed by atoms with Crippen molar-refractivity contribution in [2.75, 3.05) is 0 Å². The van der Waals surface area contributed by atoms with E-state index in [4.69, 9.17) is 0 Å². The average molecular weight is 687 g/mol. The first-order valence-electron chi connectivity index (χ1n) is 14.4. The van der Waals surface area contributed by atoms with E-state index in [0.717, 1.165) is 27.7 Å². The molecular weight excluding hydrogens is 639 g/mol. The van der Waals surface area contributed by atoms with Crippen molar-refractivity contribution in [2.45, 2.75) is 127 Å². The van der Waals surface area contributed by atoms with Gasteiger partial charge in [-0.2, -0.15) is 0 Å². The Kier molecular flexibility index (Phi) is 29.4. The van der Waals surface area contributed by atoms with Crippen LogP contribution in [0.15, 0.2) is 0 Å². The van der Waals surface area contributed by atoms with Crippen molar-refractivity contribution in [3.63, 3.8) is 0 Å². The summed E-state index contributed by atoms with van der Waals surface area (Å²) in [5.41, 5.74) is 0. The van der Waals surface area contributed by atoms with Gasteiger partial charge in [-0.3, -0.25) is 28.8 Å². The zero-order chi connectivity index (χ0) is 32.4. The summed E-state index contributed by atoms with van der Waals surface area (Å²) in [4.78, 5) is 83.6. The normalized spacial score (nSPS) is 9.95. The topological polar surface area (TPSA) is 183 Å². The minimum absolute atomic E-state index is 0.0736. The van der Waals surface area contributed by atoms with Crippen LogP contribution in [-0.2, 0) is 38.4 Å². The van der Waals surface area contributed by atoms with Gasteiger partial charge in [0.05, 0.1) is 0 Å². The maximum atomic E-state index is 10.6. The van der Waals surface area contributed by atoms with E-state index in [9.17, 15) is 48.6 Å². The molecule has 10 nitrogen and oxygen atoms in total. The van der Waals surface area contributed by atoms with Crippen LogP contribution in [0.25, 0.3) is 0 Å². The summed E-state index contributed by atoms with van der Waals surface area (Å²) in [6.07, 6.45) is 17.8. The van der Waals surface area contributed by atoms with E-state index in [1.807, 2.05) is 0 Å². The van der Waals surface area contributed by atoms with Gasteiger partial charge in [0, 0.05) is 0 Å². The number of hydrogen-bond donors (Lipinski definition) is 0. The number of carbonyl (C=O) groups excluding carboxylic acids is 8. The van der Waals surface area contributed by atoms with Crippen molar-refractivity contribution in [3.05, 3.63) is 0 Å². The first kappa shape index (κ1) is 43.2. The second-order valence-electron chi connectivity index (χ2n) is 9.90. The summed E-state index contributed by atoms with van der Waals surface area (Å²) in [6, 6.07) is 0. The van der Waals surface area contributed by atoms with Gasteiger partial charge in [-0.05, 0) is 27.7 Å². The third kappa shape index (κ3) is 25.2. The van der Waals surface area contributed by atoms with Gasteiger partial charge in [-0.25, -0.2) is 0 Å². The van der Waals surface area contributed by atoms with Crippen LogP contribution in [0, 0.1) is 11.8 Å². The fraction of sp³-hybridized carbons (Fsp3) is 0.733. The molecule has 232 valence electrons. The first-order valence-corrected chi connectivity index (χ1v) is 18.4. The van der Waals surface area contributed by atoms with Gasteiger partial charge in [0.2, 0.25) is 0 Å². The van der Waals surface area contributed by atoms with Crippen LogP contribution in [0.1, 0.15) is 119 Å². The Morgan fingerprint density at radius 2 is 0.707 bits per heavy atom. The van der Waals surface area contributed by atoms with Gasteiger partial charge < -0.3 is 19.8 Å². The number of carbonyl (C=O) groups is 8. The third-order valence-corrected chi connectivity index (χ3v) is 10.0. The molecular formula is C30H48O10Sn. The molecule has 0 rings (SSSR count). The summed E-state index contributed by atoms with van der Waals surface area (Å²) in [7, 11) is 0. The zero-order valence-corrected chi connectivity index (χ0v) is 28.5. The van der Waals surface area contributed by atoms with E-state index >= 15 is 0 Å². The Morgan fingerprint density at radius 1 is 0.463 bits per heavy atom. The summed E-state index contributed by atoms with van der Waals surface area (Å²) in [5.74, 6) is -13.5. The number of carboxylic acid groups (broad SMARTS) is 2. The molecule has 0 atom stereocenters. The Bertz CT molecular complexity index is 754. The number of rotatable bonds is 22. The molecule has 0 unspecified atom stereocenters. The quantitative estimate of drug-likeness (QED) is 0.0710. The van der Waals surface area contributed by atoms with Crippen LogP contribution in [0.4, 0.5) is 0 Å². The predicted octanol–water partition coefficient (Wildman–Crippen LogP) is 2.45. The molecule has 0 amide bonds. The van der Waals surface area contributed by atoms with E-state index < -0.39 is 58.5 Å². The average Bonchev–Trinajstić information content (AvgIpc) is 2.86. The SMILES string of the molecule is CC(=O)C(C(C)=O)C(=O)C(=O)[O-].CC(=O)C(C(C)=O)C(=O)C(=O)[O-].CCCCCCC[CH2][Sn+2][CH2]CCCCCCC. The molecule has 11 heteroatoms. The Balaban J connectivity index is -0.000000542. The Hall–Kier alpha value is -2.24. The third-order valence-electron chi connectivity index (χ3n) is 5.97. The van der Waals surface area contributed by atoms with Gasteiger partial charge in [0.1, 0.15) is 46.9 Å². The molecule has 41 heavy (non-hydrogen) atoms. The fourth-order valence-electron chi connectivity index (χ4n) is 3.73. The molecule has 0 saturated carbocycles. The van der Waals surface area contributed by atoms with Crippen LogP contribution in [-0.4, -0.2) is 67.8 Å². The van der Waals surface area contributed by atoms with Crippen molar-refractivity contribution in [2.24, 2.45) is 11.8 Å². The summed E-state index contributed by atoms with van der Waals surface area (Å²) in [5, 5.41) is 20.0. The molecule has 0 aliphatic carbocycles. The Morgan fingerprint density at radius 3 is 0.902 bits per heavy atom. The van der Waals surface area contributed by atoms with Crippen molar-refractivity contribution in [3.8, 4) is 0 Å². The van der Waals surface area contributed by atoms with Crippen LogP contribution in [0.3, 0.4) is 0 Å². The molecule has 0 heterocycles. The molecule has 0 fully saturated rings. The molecule has 0 radical (unpaired) electrons. The van der Waals surface area contributed by atoms with Crippen molar-refractivity contribution in [1.29, 1.82) is 0 Å². The van der Waals surface area contributed by atoms with Crippen LogP contribution in [0.2, 0.25) is 8.87 Å². The van der Waals surface area contributed by atoms with Crippen LogP contribution < -0.4 is 10.2 Å². The van der Waals surface area contributed by atoms with Gasteiger partial charge in [-0.15, -0.1) is 0 Å². The van der Waals surface area contributed by atoms with E-state index in [1.54, 1.807) is 21.7 Å². The number of hydrogen-bond acceptors (Lipinski definition) is 10. The molecule has 0 aromatic carbocycles. The molecule has 0 aromatic heterocycles. The van der Waals surface area contributed by atoms with Crippen molar-refractivity contribution >= 4 is 67.8 Å². The minimum atomic E-state index is -2.01. The summed E-state index contributed by atoms with van der Waals surface area (Å²) >= 11 is 0.0736. The summed E-state index contributed by atoms with van der Waals surface area (Å²) in [6.45, 7) is 8.52. The number of carboxylic acids is 2. The first-order chi connectivity index (χ1) is 19.2. The van der Waals surface area contributed by atoms with Gasteiger partial charge >= 0.3 is 121 Å². The molecule has 0 aromatic rings. The van der Waals surface area contributed by atoms with E-state index in [1.165, 1.54) is 64.2 Å². The maximum absolute atomic E-state index is 10.6. The number of unbranched alkanes of at least 4 members (excludes halogenated alkanes) is 10. The van der Waals surface area contributed by atoms with Gasteiger partial charge in [-0.1, -0.05) is 0 Å². The van der Waals surface area contributed by atoms with Gasteiger partial charge in [0.15, 0.2) is 11.6 Å². The standard InChI is InChI=1S/2C8H17.2C7H8O5.Sn/c2*1-3-5-7-8-6-4-2;2*1-3(8)5(4(2)9)6(10)7(11)12;/h2*1,3-8H2,2H3;2*5H,1-2H3,(H,11,12);/q;;;;+2/p-2. The number of Topliss-reactive ketones (excluding diaryl/α,β-unsaturated/α-hetero) is 6. The number of aliphatic carboxylic acids is 2. The molecule has 0 aliphatic heterocycles. The second-order valence-corrected chi connectivity index (χ2v) is 14.2. The molecule has 0 N–H and O–H groups in total. The Labute approximate surface area is 255 Å². The fourth-order valence-corrected chi connectivity index (χ4v) is 7.30. The van der Waals surface area contributed by atoms with E-state index in [-0.39, 0.29) is 21.1 Å². The van der Waals surface area contributed by atoms with Crippen LogP contribution >= 0.6 is 0 Å². The monoisotopic (exact) mass is 688 g/mol. The van der Waals surface area contributed by atoms with Crippen molar-refractivity contribution in [1.82, 2.24) is 0 Å². The van der Waals surface area contributed by atoms with E-state index in [0.29, 0.717) is 0 Å².